The van der Waals surface area contributed by atoms with Gasteiger partial charge in [0.25, 0.3) is 0 Å². The molecule has 2 aliphatic carbocycles. The van der Waals surface area contributed by atoms with Crippen LogP contribution in [0.1, 0.15) is 65.2 Å². The predicted molar refractivity (Wildman–Crippen MR) is 87.4 cm³/mol. The Morgan fingerprint density at radius 1 is 1.00 bits per heavy atom. The van der Waals surface area contributed by atoms with Crippen LogP contribution in [-0.2, 0) is 9.47 Å². The third-order valence-corrected chi connectivity index (χ3v) is 6.78. The minimum atomic E-state index is -0.177. The first kappa shape index (κ1) is 16.7. The number of hydrogen-bond donors (Lipinski definition) is 1. The van der Waals surface area contributed by atoms with Crippen LogP contribution in [0, 0.1) is 29.6 Å². The zero-order chi connectivity index (χ0) is 15.5. The lowest BCUT2D eigenvalue weighted by Crippen LogP contribution is -2.26. The summed E-state index contributed by atoms with van der Waals surface area (Å²) in [6.07, 6.45) is 8.79. The third-order valence-electron chi connectivity index (χ3n) is 6.78. The van der Waals surface area contributed by atoms with E-state index in [0.29, 0.717) is 0 Å². The van der Waals surface area contributed by atoms with E-state index in [-0.39, 0.29) is 12.4 Å². The van der Waals surface area contributed by atoms with Crippen LogP contribution in [0.25, 0.3) is 0 Å². The summed E-state index contributed by atoms with van der Waals surface area (Å²) < 4.78 is 11.1. The number of ether oxygens (including phenoxy) is 2. The van der Waals surface area contributed by atoms with Gasteiger partial charge < -0.3 is 14.6 Å². The van der Waals surface area contributed by atoms with Gasteiger partial charge in [0.05, 0.1) is 19.3 Å². The van der Waals surface area contributed by atoms with E-state index >= 15 is 0 Å². The van der Waals surface area contributed by atoms with Gasteiger partial charge in [-0.2, -0.15) is 0 Å². The van der Waals surface area contributed by atoms with E-state index < -0.39 is 0 Å². The van der Waals surface area contributed by atoms with E-state index in [1.165, 1.54) is 25.7 Å². The summed E-state index contributed by atoms with van der Waals surface area (Å²) in [5, 5.41) is 10.2. The second-order valence-electron chi connectivity index (χ2n) is 8.06. The molecule has 0 radical (unpaired) electrons. The summed E-state index contributed by atoms with van der Waals surface area (Å²) in [6, 6.07) is 0. The first-order valence-corrected chi connectivity index (χ1v) is 9.56. The van der Waals surface area contributed by atoms with Gasteiger partial charge in [-0.1, -0.05) is 26.7 Å². The maximum Gasteiger partial charge on any atom is 0.157 e. The standard InChI is InChI=1S/C19H34O3/c1-13-14(2)18-12-16(13)11-15(18)5-3-6-17(20)7-8-19-21-9-4-10-22-19/h13-20H,3-12H2,1-2H3. The first-order chi connectivity index (χ1) is 10.6. The van der Waals surface area contributed by atoms with E-state index in [4.69, 9.17) is 9.47 Å². The third kappa shape index (κ3) is 3.85. The van der Waals surface area contributed by atoms with Crippen molar-refractivity contribution in [2.24, 2.45) is 29.6 Å². The first-order valence-electron chi connectivity index (χ1n) is 9.56. The lowest BCUT2D eigenvalue weighted by Gasteiger charge is -2.32. The molecule has 3 heteroatoms. The van der Waals surface area contributed by atoms with Crippen LogP contribution < -0.4 is 0 Å². The highest BCUT2D eigenvalue weighted by Crippen LogP contribution is 2.56. The fourth-order valence-electron chi connectivity index (χ4n) is 5.22. The average Bonchev–Trinajstić information content (AvgIpc) is 3.07. The van der Waals surface area contributed by atoms with E-state index in [9.17, 15) is 5.11 Å². The molecule has 22 heavy (non-hydrogen) atoms. The second-order valence-corrected chi connectivity index (χ2v) is 8.06. The van der Waals surface area contributed by atoms with Gasteiger partial charge in [-0.3, -0.25) is 0 Å². The second kappa shape index (κ2) is 7.63. The molecule has 3 fully saturated rings. The van der Waals surface area contributed by atoms with Crippen molar-refractivity contribution >= 4 is 0 Å². The molecule has 2 saturated carbocycles. The maximum atomic E-state index is 10.2. The van der Waals surface area contributed by atoms with E-state index in [1.807, 2.05) is 0 Å². The Morgan fingerprint density at radius 3 is 2.45 bits per heavy atom. The van der Waals surface area contributed by atoms with Gasteiger partial charge in [0.15, 0.2) is 6.29 Å². The fourth-order valence-corrected chi connectivity index (χ4v) is 5.22. The Kier molecular flexibility index (Phi) is 5.80. The SMILES string of the molecule is CC1C2CC(CCCC(O)CCC3OCCCO3)C(C2)C1C. The minimum Gasteiger partial charge on any atom is -0.393 e. The summed E-state index contributed by atoms with van der Waals surface area (Å²) in [6.45, 7) is 6.52. The Balaban J connectivity index is 1.28. The summed E-state index contributed by atoms with van der Waals surface area (Å²) in [4.78, 5) is 0. The summed E-state index contributed by atoms with van der Waals surface area (Å²) in [5.74, 6) is 4.78. The van der Waals surface area contributed by atoms with Gasteiger partial charge in [0, 0.05) is 6.42 Å². The Morgan fingerprint density at radius 2 is 1.77 bits per heavy atom. The fraction of sp³-hybridized carbons (Fsp3) is 1.00. The number of rotatable bonds is 7. The zero-order valence-corrected chi connectivity index (χ0v) is 14.4. The van der Waals surface area contributed by atoms with Crippen molar-refractivity contribution in [3.8, 4) is 0 Å². The van der Waals surface area contributed by atoms with Gasteiger partial charge in [-0.25, -0.2) is 0 Å². The van der Waals surface area contributed by atoms with Crippen molar-refractivity contribution in [1.82, 2.24) is 0 Å². The number of aliphatic hydroxyl groups is 1. The molecule has 1 saturated heterocycles. The normalized spacial score (nSPS) is 40.2. The summed E-state index contributed by atoms with van der Waals surface area (Å²) >= 11 is 0. The molecule has 3 rings (SSSR count). The lowest BCUT2D eigenvalue weighted by molar-refractivity contribution is -0.183. The Labute approximate surface area is 135 Å². The molecule has 0 amide bonds. The van der Waals surface area contributed by atoms with Crippen LogP contribution in [0.4, 0.5) is 0 Å². The Hall–Kier alpha value is -0.120. The number of aliphatic hydroxyl groups excluding tert-OH is 1. The predicted octanol–water partition coefficient (Wildman–Crippen LogP) is 3.99. The van der Waals surface area contributed by atoms with Crippen molar-refractivity contribution in [2.45, 2.75) is 77.6 Å². The average molecular weight is 310 g/mol. The Bertz CT molecular complexity index is 338. The molecular weight excluding hydrogens is 276 g/mol. The molecule has 1 aliphatic heterocycles. The molecule has 6 unspecified atom stereocenters. The molecule has 3 nitrogen and oxygen atoms in total. The van der Waals surface area contributed by atoms with Gasteiger partial charge >= 0.3 is 0 Å². The van der Waals surface area contributed by atoms with Crippen LogP contribution in [0.2, 0.25) is 0 Å². The van der Waals surface area contributed by atoms with Gasteiger partial charge in [0.2, 0.25) is 0 Å². The molecular formula is C19H34O3. The van der Waals surface area contributed by atoms with Crippen LogP contribution >= 0.6 is 0 Å². The quantitative estimate of drug-likeness (QED) is 0.773. The molecule has 0 aromatic heterocycles. The highest BCUT2D eigenvalue weighted by Gasteiger charge is 2.47. The summed E-state index contributed by atoms with van der Waals surface area (Å²) in [7, 11) is 0. The molecule has 0 aromatic carbocycles. The van der Waals surface area contributed by atoms with Crippen LogP contribution in [0.3, 0.4) is 0 Å². The van der Waals surface area contributed by atoms with E-state index in [2.05, 4.69) is 13.8 Å². The van der Waals surface area contributed by atoms with Crippen LogP contribution in [0.5, 0.6) is 0 Å². The van der Waals surface area contributed by atoms with E-state index in [0.717, 1.165) is 68.5 Å². The topological polar surface area (TPSA) is 38.7 Å². The largest absolute Gasteiger partial charge is 0.393 e. The van der Waals surface area contributed by atoms with Crippen molar-refractivity contribution in [3.63, 3.8) is 0 Å². The summed E-state index contributed by atoms with van der Waals surface area (Å²) in [5.41, 5.74) is 0. The van der Waals surface area contributed by atoms with E-state index in [1.54, 1.807) is 0 Å². The smallest absolute Gasteiger partial charge is 0.157 e. The molecule has 128 valence electrons. The van der Waals surface area contributed by atoms with Gasteiger partial charge in [-0.15, -0.1) is 0 Å². The van der Waals surface area contributed by atoms with Crippen molar-refractivity contribution in [1.29, 1.82) is 0 Å². The molecule has 6 atom stereocenters. The molecule has 0 spiro atoms. The van der Waals surface area contributed by atoms with Gasteiger partial charge in [-0.05, 0) is 61.7 Å². The van der Waals surface area contributed by atoms with Crippen molar-refractivity contribution in [3.05, 3.63) is 0 Å². The molecule has 0 aromatic rings. The highest BCUT2D eigenvalue weighted by atomic mass is 16.7. The molecule has 1 heterocycles. The molecule has 3 aliphatic rings. The zero-order valence-electron chi connectivity index (χ0n) is 14.4. The molecule has 2 bridgehead atoms. The van der Waals surface area contributed by atoms with Crippen LogP contribution in [-0.4, -0.2) is 30.7 Å². The maximum absolute atomic E-state index is 10.2. The highest BCUT2D eigenvalue weighted by molar-refractivity contribution is 4.97. The molecule has 1 N–H and O–H groups in total. The number of fused-ring (bicyclic) bond motifs is 2. The van der Waals surface area contributed by atoms with Crippen molar-refractivity contribution < 1.29 is 14.6 Å². The van der Waals surface area contributed by atoms with Crippen molar-refractivity contribution in [2.75, 3.05) is 13.2 Å². The minimum absolute atomic E-state index is 0.0729. The van der Waals surface area contributed by atoms with Gasteiger partial charge in [0.1, 0.15) is 0 Å². The lowest BCUT2D eigenvalue weighted by atomic mass is 9.74. The number of hydrogen-bond acceptors (Lipinski definition) is 3. The van der Waals surface area contributed by atoms with Crippen LogP contribution in [0.15, 0.2) is 0 Å². The monoisotopic (exact) mass is 310 g/mol.